The zero-order chi connectivity index (χ0) is 13.0. The van der Waals surface area contributed by atoms with E-state index < -0.39 is 0 Å². The van der Waals surface area contributed by atoms with Crippen LogP contribution in [0.1, 0.15) is 44.1 Å². The van der Waals surface area contributed by atoms with Gasteiger partial charge in [-0.25, -0.2) is 0 Å². The van der Waals surface area contributed by atoms with Gasteiger partial charge in [0.15, 0.2) is 0 Å². The molecule has 2 N–H and O–H groups in total. The van der Waals surface area contributed by atoms with Crippen LogP contribution in [0.5, 0.6) is 0 Å². The van der Waals surface area contributed by atoms with Gasteiger partial charge in [0.05, 0.1) is 0 Å². The predicted octanol–water partition coefficient (Wildman–Crippen LogP) is 4.18. The summed E-state index contributed by atoms with van der Waals surface area (Å²) in [5.41, 5.74) is 11.5. The van der Waals surface area contributed by atoms with Crippen LogP contribution in [0.4, 0.5) is 0 Å². The monoisotopic (exact) mass is 241 g/mol. The zero-order valence-corrected chi connectivity index (χ0v) is 11.3. The van der Waals surface area contributed by atoms with Gasteiger partial charge in [-0.15, -0.1) is 0 Å². The minimum atomic E-state index is 0.434. The molecule has 1 fully saturated rings. The molecule has 1 unspecified atom stereocenters. The molecule has 96 valence electrons. The summed E-state index contributed by atoms with van der Waals surface area (Å²) in [7, 11) is 0. The van der Waals surface area contributed by atoms with E-state index in [0.717, 1.165) is 13.0 Å². The minimum Gasteiger partial charge on any atom is -0.330 e. The van der Waals surface area contributed by atoms with E-state index in [-0.39, 0.29) is 0 Å². The number of rotatable bonds is 5. The molecule has 1 aromatic rings. The van der Waals surface area contributed by atoms with E-state index in [2.05, 4.69) is 43.8 Å². The molecule has 0 amide bonds. The third-order valence-electron chi connectivity index (χ3n) is 3.80. The number of allylic oxidation sites excluding steroid dienone is 3. The van der Waals surface area contributed by atoms with E-state index in [9.17, 15) is 0 Å². The highest BCUT2D eigenvalue weighted by molar-refractivity contribution is 5.43. The van der Waals surface area contributed by atoms with Gasteiger partial charge in [0.25, 0.3) is 0 Å². The fourth-order valence-corrected chi connectivity index (χ4v) is 2.80. The molecule has 1 atom stereocenters. The molecule has 0 spiro atoms. The van der Waals surface area contributed by atoms with Gasteiger partial charge in [0.1, 0.15) is 0 Å². The van der Waals surface area contributed by atoms with E-state index in [0.29, 0.717) is 5.92 Å². The van der Waals surface area contributed by atoms with Crippen molar-refractivity contribution in [2.24, 2.45) is 5.73 Å². The van der Waals surface area contributed by atoms with Crippen LogP contribution in [0, 0.1) is 0 Å². The minimum absolute atomic E-state index is 0.434. The maximum atomic E-state index is 5.81. The van der Waals surface area contributed by atoms with Gasteiger partial charge in [-0.3, -0.25) is 0 Å². The highest BCUT2D eigenvalue weighted by Gasteiger charge is 2.23. The average molecular weight is 241 g/mol. The number of hydrogen-bond acceptors (Lipinski definition) is 1. The molecule has 1 aliphatic rings. The van der Waals surface area contributed by atoms with Crippen molar-refractivity contribution in [2.45, 2.75) is 38.5 Å². The van der Waals surface area contributed by atoms with Crippen LogP contribution in [0.15, 0.2) is 53.6 Å². The molecule has 0 aliphatic heterocycles. The Morgan fingerprint density at radius 2 is 1.94 bits per heavy atom. The summed E-state index contributed by atoms with van der Waals surface area (Å²) >= 11 is 0. The van der Waals surface area contributed by atoms with Crippen LogP contribution in [0.3, 0.4) is 0 Å². The first-order chi connectivity index (χ1) is 8.74. The summed E-state index contributed by atoms with van der Waals surface area (Å²) in [6.45, 7) is 7.05. The molecule has 18 heavy (non-hydrogen) atoms. The molecule has 0 heterocycles. The quantitative estimate of drug-likeness (QED) is 0.822. The fourth-order valence-electron chi connectivity index (χ4n) is 2.80. The van der Waals surface area contributed by atoms with Crippen molar-refractivity contribution in [1.29, 1.82) is 0 Å². The number of benzene rings is 1. The van der Waals surface area contributed by atoms with Crippen molar-refractivity contribution in [3.63, 3.8) is 0 Å². The molecule has 0 aromatic heterocycles. The Morgan fingerprint density at radius 3 is 2.39 bits per heavy atom. The molecule has 1 saturated carbocycles. The van der Waals surface area contributed by atoms with Gasteiger partial charge in [-0.05, 0) is 50.3 Å². The summed E-state index contributed by atoms with van der Waals surface area (Å²) in [6, 6.07) is 10.7. The van der Waals surface area contributed by atoms with E-state index in [1.165, 1.54) is 36.0 Å². The van der Waals surface area contributed by atoms with E-state index >= 15 is 0 Å². The summed E-state index contributed by atoms with van der Waals surface area (Å²) in [6.07, 6.45) is 4.83. The lowest BCUT2D eigenvalue weighted by Gasteiger charge is -2.29. The molecule has 0 bridgehead atoms. The Kier molecular flexibility index (Phi) is 4.38. The average Bonchev–Trinajstić information content (AvgIpc) is 2.32. The van der Waals surface area contributed by atoms with Gasteiger partial charge in [-0.1, -0.05) is 48.1 Å². The van der Waals surface area contributed by atoms with Crippen molar-refractivity contribution in [2.75, 3.05) is 6.54 Å². The fraction of sp³-hybridized carbons (Fsp3) is 0.412. The SMILES string of the molecule is C=C(C)C(=C1CCC1)C(CCN)c1ccccc1. The zero-order valence-electron chi connectivity index (χ0n) is 11.3. The summed E-state index contributed by atoms with van der Waals surface area (Å²) < 4.78 is 0. The third kappa shape index (κ3) is 2.73. The maximum Gasteiger partial charge on any atom is 0.0103 e. The summed E-state index contributed by atoms with van der Waals surface area (Å²) in [5, 5.41) is 0. The normalized spacial score (nSPS) is 16.0. The first-order valence-electron chi connectivity index (χ1n) is 6.87. The predicted molar refractivity (Wildman–Crippen MR) is 78.5 cm³/mol. The summed E-state index contributed by atoms with van der Waals surface area (Å²) in [4.78, 5) is 0. The third-order valence-corrected chi connectivity index (χ3v) is 3.80. The van der Waals surface area contributed by atoms with Gasteiger partial charge in [0, 0.05) is 5.92 Å². The lowest BCUT2D eigenvalue weighted by molar-refractivity contribution is 0.619. The molecule has 1 aliphatic carbocycles. The molecule has 1 nitrogen and oxygen atoms in total. The maximum absolute atomic E-state index is 5.81. The van der Waals surface area contributed by atoms with Crippen LogP contribution in [-0.4, -0.2) is 6.54 Å². The topological polar surface area (TPSA) is 26.0 Å². The second kappa shape index (κ2) is 6.01. The van der Waals surface area contributed by atoms with E-state index in [1.54, 1.807) is 5.57 Å². The molecular weight excluding hydrogens is 218 g/mol. The molecule has 0 radical (unpaired) electrons. The first-order valence-corrected chi connectivity index (χ1v) is 6.87. The Hall–Kier alpha value is -1.34. The van der Waals surface area contributed by atoms with Gasteiger partial charge in [-0.2, -0.15) is 0 Å². The lowest BCUT2D eigenvalue weighted by Crippen LogP contribution is -2.14. The van der Waals surface area contributed by atoms with Gasteiger partial charge >= 0.3 is 0 Å². The van der Waals surface area contributed by atoms with Crippen LogP contribution < -0.4 is 5.73 Å². The van der Waals surface area contributed by atoms with Crippen LogP contribution in [0.2, 0.25) is 0 Å². The standard InChI is InChI=1S/C17H23N/c1-13(2)17(15-9-6-10-15)16(11-12-18)14-7-4-3-5-8-14/h3-5,7-8,16H,1,6,9-12,18H2,2H3. The summed E-state index contributed by atoms with van der Waals surface area (Å²) in [5.74, 6) is 0.434. The highest BCUT2D eigenvalue weighted by atomic mass is 14.5. The largest absolute Gasteiger partial charge is 0.330 e. The first kappa shape index (κ1) is 13.1. The van der Waals surface area contributed by atoms with Crippen LogP contribution >= 0.6 is 0 Å². The Balaban J connectivity index is 2.37. The Morgan fingerprint density at radius 1 is 1.28 bits per heavy atom. The molecule has 1 aromatic carbocycles. The van der Waals surface area contributed by atoms with Gasteiger partial charge in [0.2, 0.25) is 0 Å². The van der Waals surface area contributed by atoms with Crippen LogP contribution in [0.25, 0.3) is 0 Å². The van der Waals surface area contributed by atoms with Crippen molar-refractivity contribution in [3.8, 4) is 0 Å². The molecular formula is C17H23N. The second-order valence-corrected chi connectivity index (χ2v) is 5.19. The van der Waals surface area contributed by atoms with Gasteiger partial charge < -0.3 is 5.73 Å². The highest BCUT2D eigenvalue weighted by Crippen LogP contribution is 2.40. The lowest BCUT2D eigenvalue weighted by atomic mass is 9.76. The number of hydrogen-bond donors (Lipinski definition) is 1. The van der Waals surface area contributed by atoms with Crippen LogP contribution in [-0.2, 0) is 0 Å². The number of nitrogens with two attached hydrogens (primary N) is 1. The van der Waals surface area contributed by atoms with Crippen molar-refractivity contribution >= 4 is 0 Å². The Bertz CT molecular complexity index is 436. The molecule has 1 heteroatoms. The Labute approximate surface area is 110 Å². The molecule has 2 rings (SSSR count). The van der Waals surface area contributed by atoms with Crippen molar-refractivity contribution in [1.82, 2.24) is 0 Å². The smallest absolute Gasteiger partial charge is 0.0103 e. The second-order valence-electron chi connectivity index (χ2n) is 5.19. The van der Waals surface area contributed by atoms with E-state index in [4.69, 9.17) is 5.73 Å². The molecule has 0 saturated heterocycles. The van der Waals surface area contributed by atoms with Crippen molar-refractivity contribution < 1.29 is 0 Å². The van der Waals surface area contributed by atoms with E-state index in [1.807, 2.05) is 0 Å². The van der Waals surface area contributed by atoms with Crippen molar-refractivity contribution in [3.05, 3.63) is 59.2 Å².